The van der Waals surface area contributed by atoms with E-state index in [9.17, 15) is 19.4 Å². The van der Waals surface area contributed by atoms with Gasteiger partial charge < -0.3 is 25.4 Å². The summed E-state index contributed by atoms with van der Waals surface area (Å²) in [5, 5.41) is 25.1. The standard InChI is InChI=1S/C22H19ClFN5O3/c23-16-2-1-14(9-17(16)24)19(12-30)29-8-5-13(10-21(29)32)18-4-7-26-22(28-18)27-15-3-6-25-20(31)11-15/h1-11,19-20,25,30-31H,12H2,(H,26,27,28)/t19-,20?/m1/s1. The molecule has 10 heteroatoms. The average Bonchev–Trinajstić information content (AvgIpc) is 2.78. The number of benzene rings is 1. The minimum Gasteiger partial charge on any atom is -0.394 e. The number of anilines is 1. The molecule has 4 rings (SSSR count). The number of aromatic nitrogens is 3. The molecule has 0 radical (unpaired) electrons. The van der Waals surface area contributed by atoms with Gasteiger partial charge in [0.2, 0.25) is 5.95 Å². The van der Waals surface area contributed by atoms with Gasteiger partial charge >= 0.3 is 0 Å². The van der Waals surface area contributed by atoms with Gasteiger partial charge in [-0.05, 0) is 42.0 Å². The number of rotatable bonds is 6. The second-order valence-electron chi connectivity index (χ2n) is 6.99. The van der Waals surface area contributed by atoms with E-state index in [0.29, 0.717) is 28.5 Å². The number of pyridine rings is 1. The van der Waals surface area contributed by atoms with Crippen molar-refractivity contribution in [2.75, 3.05) is 11.9 Å². The van der Waals surface area contributed by atoms with Gasteiger partial charge in [-0.15, -0.1) is 0 Å². The summed E-state index contributed by atoms with van der Waals surface area (Å²) in [6.45, 7) is -0.398. The largest absolute Gasteiger partial charge is 0.394 e. The molecular formula is C22H19ClFN5O3. The lowest BCUT2D eigenvalue weighted by Gasteiger charge is -2.19. The summed E-state index contributed by atoms with van der Waals surface area (Å²) in [4.78, 5) is 21.4. The highest BCUT2D eigenvalue weighted by atomic mass is 35.5. The highest BCUT2D eigenvalue weighted by Crippen LogP contribution is 2.23. The Morgan fingerprint density at radius 3 is 2.84 bits per heavy atom. The number of hydrogen-bond donors (Lipinski definition) is 4. The number of dihydropyridines is 1. The van der Waals surface area contributed by atoms with Crippen LogP contribution in [0.2, 0.25) is 5.02 Å². The Kier molecular flexibility index (Phi) is 6.31. The summed E-state index contributed by atoms with van der Waals surface area (Å²) in [5.41, 5.74) is 1.69. The Labute approximate surface area is 187 Å². The SMILES string of the molecule is O=c1cc(-c2ccnc(NC3=CC(O)NC=C3)n2)ccn1[C@H](CO)c1ccc(Cl)c(F)c1. The molecule has 1 aliphatic rings. The molecule has 0 fully saturated rings. The van der Waals surface area contributed by atoms with Crippen molar-refractivity contribution in [1.29, 1.82) is 0 Å². The summed E-state index contributed by atoms with van der Waals surface area (Å²) in [7, 11) is 0. The second-order valence-corrected chi connectivity index (χ2v) is 7.40. The smallest absolute Gasteiger partial charge is 0.251 e. The van der Waals surface area contributed by atoms with E-state index in [-0.39, 0.29) is 5.02 Å². The van der Waals surface area contributed by atoms with Crippen LogP contribution in [0.25, 0.3) is 11.3 Å². The fourth-order valence-corrected chi connectivity index (χ4v) is 3.40. The molecular weight excluding hydrogens is 437 g/mol. The van der Waals surface area contributed by atoms with Gasteiger partial charge in [0.25, 0.3) is 5.56 Å². The molecule has 2 atom stereocenters. The van der Waals surface area contributed by atoms with Crippen LogP contribution in [0.1, 0.15) is 11.6 Å². The maximum atomic E-state index is 13.9. The van der Waals surface area contributed by atoms with E-state index >= 15 is 0 Å². The van der Waals surface area contributed by atoms with Crippen LogP contribution < -0.4 is 16.2 Å². The molecule has 3 aromatic rings. The summed E-state index contributed by atoms with van der Waals surface area (Å²) < 4.78 is 15.2. The molecule has 0 aliphatic carbocycles. The minimum atomic E-state index is -0.813. The zero-order valence-electron chi connectivity index (χ0n) is 16.6. The number of nitrogens with zero attached hydrogens (tertiary/aromatic N) is 3. The van der Waals surface area contributed by atoms with Crippen molar-refractivity contribution in [3.8, 4) is 11.3 Å². The quantitative estimate of drug-likeness (QED) is 0.451. The van der Waals surface area contributed by atoms with E-state index in [1.807, 2.05) is 0 Å². The lowest BCUT2D eigenvalue weighted by atomic mass is 10.1. The van der Waals surface area contributed by atoms with E-state index in [1.54, 1.807) is 42.7 Å². The first-order valence-corrected chi connectivity index (χ1v) is 10.0. The van der Waals surface area contributed by atoms with Gasteiger partial charge in [-0.3, -0.25) is 4.79 Å². The van der Waals surface area contributed by atoms with Crippen LogP contribution in [-0.4, -0.2) is 37.6 Å². The molecule has 0 spiro atoms. The third-order valence-corrected chi connectivity index (χ3v) is 5.17. The Morgan fingerprint density at radius 2 is 2.12 bits per heavy atom. The van der Waals surface area contributed by atoms with E-state index in [2.05, 4.69) is 20.6 Å². The van der Waals surface area contributed by atoms with Crippen molar-refractivity contribution in [3.63, 3.8) is 0 Å². The van der Waals surface area contributed by atoms with E-state index in [1.165, 1.54) is 29.0 Å². The van der Waals surface area contributed by atoms with E-state index in [4.69, 9.17) is 11.6 Å². The van der Waals surface area contributed by atoms with Crippen LogP contribution in [0.15, 0.2) is 77.6 Å². The number of aliphatic hydroxyl groups excluding tert-OH is 2. The summed E-state index contributed by atoms with van der Waals surface area (Å²) in [6, 6.07) is 8.10. The van der Waals surface area contributed by atoms with Crippen LogP contribution in [0, 0.1) is 5.82 Å². The second kappa shape index (κ2) is 9.31. The third-order valence-electron chi connectivity index (χ3n) is 4.86. The Balaban J connectivity index is 1.61. The van der Waals surface area contributed by atoms with Gasteiger partial charge in [-0.25, -0.2) is 14.4 Å². The molecule has 8 nitrogen and oxygen atoms in total. The zero-order valence-corrected chi connectivity index (χ0v) is 17.4. The molecule has 0 saturated carbocycles. The van der Waals surface area contributed by atoms with Crippen molar-refractivity contribution in [1.82, 2.24) is 19.9 Å². The van der Waals surface area contributed by atoms with Crippen molar-refractivity contribution in [3.05, 3.63) is 99.6 Å². The fraction of sp³-hybridized carbons (Fsp3) is 0.136. The van der Waals surface area contributed by atoms with Gasteiger partial charge in [-0.1, -0.05) is 17.7 Å². The predicted octanol–water partition coefficient (Wildman–Crippen LogP) is 2.41. The Bertz CT molecular complexity index is 1260. The molecule has 1 unspecified atom stereocenters. The first-order valence-electron chi connectivity index (χ1n) is 9.65. The normalized spacial score (nSPS) is 16.2. The lowest BCUT2D eigenvalue weighted by molar-refractivity contribution is 0.200. The van der Waals surface area contributed by atoms with Gasteiger partial charge in [0, 0.05) is 35.9 Å². The van der Waals surface area contributed by atoms with Crippen LogP contribution in [0.4, 0.5) is 10.3 Å². The van der Waals surface area contributed by atoms with Crippen molar-refractivity contribution in [2.24, 2.45) is 0 Å². The number of hydrogen-bond acceptors (Lipinski definition) is 7. The van der Waals surface area contributed by atoms with E-state index in [0.717, 1.165) is 0 Å². The van der Waals surface area contributed by atoms with Crippen LogP contribution in [0.5, 0.6) is 0 Å². The molecule has 4 N–H and O–H groups in total. The molecule has 2 aromatic heterocycles. The topological polar surface area (TPSA) is 112 Å². The highest BCUT2D eigenvalue weighted by Gasteiger charge is 2.17. The maximum Gasteiger partial charge on any atom is 0.251 e. The van der Waals surface area contributed by atoms with Gasteiger partial charge in [0.05, 0.1) is 23.4 Å². The van der Waals surface area contributed by atoms with Crippen LogP contribution >= 0.6 is 11.6 Å². The van der Waals surface area contributed by atoms with E-state index < -0.39 is 30.3 Å². The molecule has 32 heavy (non-hydrogen) atoms. The molecule has 0 saturated heterocycles. The van der Waals surface area contributed by atoms with Crippen LogP contribution in [0.3, 0.4) is 0 Å². The average molecular weight is 456 g/mol. The first kappa shape index (κ1) is 21.7. The number of aliphatic hydroxyl groups is 2. The number of nitrogens with one attached hydrogen (secondary N) is 2. The van der Waals surface area contributed by atoms with Crippen LogP contribution in [-0.2, 0) is 0 Å². The molecule has 164 valence electrons. The third kappa shape index (κ3) is 4.70. The summed E-state index contributed by atoms with van der Waals surface area (Å²) in [6.07, 6.45) is 7.14. The zero-order chi connectivity index (χ0) is 22.7. The molecule has 1 aromatic carbocycles. The minimum absolute atomic E-state index is 0.0356. The first-order chi connectivity index (χ1) is 15.4. The van der Waals surface area contributed by atoms with Crippen molar-refractivity contribution in [2.45, 2.75) is 12.3 Å². The predicted molar refractivity (Wildman–Crippen MR) is 118 cm³/mol. The van der Waals surface area contributed by atoms with Gasteiger partial charge in [-0.2, -0.15) is 0 Å². The molecule has 3 heterocycles. The molecule has 1 aliphatic heterocycles. The fourth-order valence-electron chi connectivity index (χ4n) is 3.28. The van der Waals surface area contributed by atoms with Gasteiger partial charge in [0.1, 0.15) is 12.0 Å². The maximum absolute atomic E-state index is 13.9. The van der Waals surface area contributed by atoms with Crippen molar-refractivity contribution >= 4 is 17.5 Å². The summed E-state index contributed by atoms with van der Waals surface area (Å²) >= 11 is 5.73. The lowest BCUT2D eigenvalue weighted by Crippen LogP contribution is -2.27. The van der Waals surface area contributed by atoms with Crippen molar-refractivity contribution < 1.29 is 14.6 Å². The monoisotopic (exact) mass is 455 g/mol. The molecule has 0 bridgehead atoms. The Morgan fingerprint density at radius 1 is 1.28 bits per heavy atom. The number of halogens is 2. The van der Waals surface area contributed by atoms with Gasteiger partial charge in [0.15, 0.2) is 0 Å². The number of allylic oxidation sites excluding steroid dienone is 1. The Hall–Kier alpha value is -3.53. The molecule has 0 amide bonds. The highest BCUT2D eigenvalue weighted by molar-refractivity contribution is 6.30. The summed E-state index contributed by atoms with van der Waals surface area (Å²) in [5.74, 6) is -0.332.